The predicted octanol–water partition coefficient (Wildman–Crippen LogP) is 2.98. The Bertz CT molecular complexity index is 1290. The van der Waals surface area contributed by atoms with Crippen molar-refractivity contribution in [3.63, 3.8) is 0 Å². The first kappa shape index (κ1) is 33.9. The van der Waals surface area contributed by atoms with Crippen LogP contribution in [0, 0.1) is 0 Å². The maximum absolute atomic E-state index is 12.1. The lowest BCUT2D eigenvalue weighted by molar-refractivity contribution is -0.387. The summed E-state index contributed by atoms with van der Waals surface area (Å²) in [5.41, 5.74) is 1.76. The molecule has 0 radical (unpaired) electrons. The van der Waals surface area contributed by atoms with Crippen LogP contribution in [0.15, 0.2) is 60.7 Å². The predicted molar refractivity (Wildman–Crippen MR) is 157 cm³/mol. The minimum atomic E-state index is -1.05. The topological polar surface area (TPSA) is 144 Å². The van der Waals surface area contributed by atoms with E-state index in [1.807, 2.05) is 60.7 Å². The minimum absolute atomic E-state index is 0.0167. The summed E-state index contributed by atoms with van der Waals surface area (Å²) in [6, 6.07) is 19.2. The second kappa shape index (κ2) is 15.9. The van der Waals surface area contributed by atoms with Gasteiger partial charge in [-0.3, -0.25) is 14.4 Å². The molecule has 10 atom stereocenters. The molecule has 2 aromatic carbocycles. The average molecular weight is 645 g/mol. The van der Waals surface area contributed by atoms with E-state index in [-0.39, 0.29) is 26.2 Å². The van der Waals surface area contributed by atoms with Gasteiger partial charge in [0, 0.05) is 39.9 Å². The van der Waals surface area contributed by atoms with E-state index in [1.165, 1.54) is 27.9 Å². The molecule has 0 amide bonds. The minimum Gasteiger partial charge on any atom is -0.463 e. The van der Waals surface area contributed by atoms with Gasteiger partial charge in [0.1, 0.15) is 43.2 Å². The molecule has 3 aliphatic heterocycles. The molecule has 5 unspecified atom stereocenters. The Hall–Kier alpha value is -3.43. The van der Waals surface area contributed by atoms with Crippen molar-refractivity contribution in [2.24, 2.45) is 0 Å². The van der Waals surface area contributed by atoms with E-state index in [9.17, 15) is 14.4 Å². The molecule has 0 aromatic heterocycles. The highest BCUT2D eigenvalue weighted by atomic mass is 16.8. The van der Waals surface area contributed by atoms with Crippen LogP contribution in [0.4, 0.5) is 0 Å². The highest BCUT2D eigenvalue weighted by Gasteiger charge is 2.54. The number of methoxy groups -OCH3 is 1. The lowest BCUT2D eigenvalue weighted by Gasteiger charge is -2.50. The highest BCUT2D eigenvalue weighted by molar-refractivity contribution is 5.67. The van der Waals surface area contributed by atoms with Gasteiger partial charge in [0.25, 0.3) is 0 Å². The van der Waals surface area contributed by atoms with Crippen molar-refractivity contribution in [3.05, 3.63) is 71.8 Å². The number of benzene rings is 2. The van der Waals surface area contributed by atoms with Gasteiger partial charge in [-0.15, -0.1) is 0 Å². The SMILES string of the molecule is CO[C@@H]1OC2COC(c3ccccc3)O[C@H]2C(OCc2ccccc2)C1O[C@H]1C[C@@H](OC(C)=O)[C@H](OC(C)=O)C(COC(C)=O)O1. The van der Waals surface area contributed by atoms with Crippen LogP contribution in [0.3, 0.4) is 0 Å². The van der Waals surface area contributed by atoms with E-state index < -0.39 is 79.5 Å². The molecule has 250 valence electrons. The number of carbonyl (C=O) groups is 3. The lowest BCUT2D eigenvalue weighted by Crippen LogP contribution is -2.65. The Kier molecular flexibility index (Phi) is 11.7. The number of fused-ring (bicyclic) bond motifs is 1. The van der Waals surface area contributed by atoms with Crippen molar-refractivity contribution in [3.8, 4) is 0 Å². The Labute approximate surface area is 267 Å². The number of esters is 3. The molecule has 3 saturated heterocycles. The van der Waals surface area contributed by atoms with Crippen molar-refractivity contribution >= 4 is 17.9 Å². The molecule has 0 aliphatic carbocycles. The molecule has 13 nitrogen and oxygen atoms in total. The van der Waals surface area contributed by atoms with Crippen molar-refractivity contribution < 1.29 is 61.8 Å². The van der Waals surface area contributed by atoms with Crippen molar-refractivity contribution in [2.75, 3.05) is 20.3 Å². The Morgan fingerprint density at radius 2 is 1.50 bits per heavy atom. The molecule has 0 bridgehead atoms. The van der Waals surface area contributed by atoms with Crippen LogP contribution in [-0.4, -0.2) is 93.5 Å². The Morgan fingerprint density at radius 1 is 0.804 bits per heavy atom. The summed E-state index contributed by atoms with van der Waals surface area (Å²) in [5, 5.41) is 0. The first-order valence-corrected chi connectivity index (χ1v) is 15.2. The van der Waals surface area contributed by atoms with Crippen molar-refractivity contribution in [1.29, 1.82) is 0 Å². The fourth-order valence-corrected chi connectivity index (χ4v) is 5.78. The van der Waals surface area contributed by atoms with Gasteiger partial charge in [-0.1, -0.05) is 60.7 Å². The zero-order chi connectivity index (χ0) is 32.6. The normalized spacial score (nSPS) is 32.5. The first-order valence-electron chi connectivity index (χ1n) is 15.2. The van der Waals surface area contributed by atoms with E-state index in [2.05, 4.69) is 0 Å². The molecule has 0 spiro atoms. The lowest BCUT2D eigenvalue weighted by atomic mass is 9.96. The molecule has 3 fully saturated rings. The van der Waals surface area contributed by atoms with Crippen LogP contribution in [0.2, 0.25) is 0 Å². The first-order chi connectivity index (χ1) is 22.2. The average Bonchev–Trinajstić information content (AvgIpc) is 3.04. The van der Waals surface area contributed by atoms with Gasteiger partial charge in [-0.2, -0.15) is 0 Å². The maximum Gasteiger partial charge on any atom is 0.303 e. The third kappa shape index (κ3) is 8.68. The summed E-state index contributed by atoms with van der Waals surface area (Å²) in [5.74, 6) is -1.79. The standard InChI is InChI=1S/C33H40O13/c1-19(34)38-17-25-28(42-21(3)36)24(41-20(2)35)15-27(43-25)45-31-30(39-16-22-11-7-5-8-12-22)29-26(44-33(31)37-4)18-40-32(46-29)23-13-9-6-10-14-23/h5-14,24-33H,15-18H2,1-4H3/t24-,25?,26?,27+,28+,29-,30?,31?,32?,33-/m1/s1. The fraction of sp³-hybridized carbons (Fsp3) is 0.545. The zero-order valence-electron chi connectivity index (χ0n) is 26.2. The van der Waals surface area contributed by atoms with E-state index in [0.717, 1.165) is 11.1 Å². The summed E-state index contributed by atoms with van der Waals surface area (Å²) in [6.07, 6.45) is -8.55. The summed E-state index contributed by atoms with van der Waals surface area (Å²) in [6.45, 7) is 3.87. The Balaban J connectivity index is 1.42. The van der Waals surface area contributed by atoms with E-state index in [4.69, 9.17) is 47.4 Å². The van der Waals surface area contributed by atoms with E-state index in [0.29, 0.717) is 0 Å². The van der Waals surface area contributed by atoms with Gasteiger partial charge >= 0.3 is 17.9 Å². The third-order valence-electron chi connectivity index (χ3n) is 7.74. The molecular weight excluding hydrogens is 604 g/mol. The smallest absolute Gasteiger partial charge is 0.303 e. The van der Waals surface area contributed by atoms with Crippen LogP contribution in [0.25, 0.3) is 0 Å². The Morgan fingerprint density at radius 3 is 2.15 bits per heavy atom. The number of carbonyl (C=O) groups excluding carboxylic acids is 3. The van der Waals surface area contributed by atoms with E-state index >= 15 is 0 Å². The highest BCUT2D eigenvalue weighted by Crippen LogP contribution is 2.38. The molecule has 2 aromatic rings. The number of rotatable bonds is 11. The summed E-state index contributed by atoms with van der Waals surface area (Å²) >= 11 is 0. The number of hydrogen-bond donors (Lipinski definition) is 0. The van der Waals surface area contributed by atoms with Crippen LogP contribution in [-0.2, 0) is 68.4 Å². The van der Waals surface area contributed by atoms with Crippen molar-refractivity contribution in [2.45, 2.75) is 95.4 Å². The monoisotopic (exact) mass is 644 g/mol. The molecule has 13 heteroatoms. The largest absolute Gasteiger partial charge is 0.463 e. The second-order valence-electron chi connectivity index (χ2n) is 11.2. The van der Waals surface area contributed by atoms with Gasteiger partial charge in [-0.05, 0) is 5.56 Å². The molecule has 5 rings (SSSR count). The summed E-state index contributed by atoms with van der Waals surface area (Å²) in [7, 11) is 1.48. The maximum atomic E-state index is 12.1. The van der Waals surface area contributed by atoms with Gasteiger partial charge in [0.15, 0.2) is 25.0 Å². The number of hydrogen-bond acceptors (Lipinski definition) is 13. The fourth-order valence-electron chi connectivity index (χ4n) is 5.78. The molecule has 3 heterocycles. The zero-order valence-corrected chi connectivity index (χ0v) is 26.2. The summed E-state index contributed by atoms with van der Waals surface area (Å²) < 4.78 is 60.0. The summed E-state index contributed by atoms with van der Waals surface area (Å²) in [4.78, 5) is 35.7. The van der Waals surface area contributed by atoms with Crippen LogP contribution >= 0.6 is 0 Å². The molecule has 3 aliphatic rings. The van der Waals surface area contributed by atoms with Gasteiger partial charge < -0.3 is 47.4 Å². The van der Waals surface area contributed by atoms with Gasteiger partial charge in [0.2, 0.25) is 0 Å². The van der Waals surface area contributed by atoms with E-state index in [1.54, 1.807) is 0 Å². The molecule has 46 heavy (non-hydrogen) atoms. The molecule has 0 N–H and O–H groups in total. The second-order valence-corrected chi connectivity index (χ2v) is 11.2. The van der Waals surface area contributed by atoms with Gasteiger partial charge in [0.05, 0.1) is 13.2 Å². The molecular formula is C33H40O13. The molecule has 0 saturated carbocycles. The quantitative estimate of drug-likeness (QED) is 0.261. The number of ether oxygens (including phenoxy) is 10. The third-order valence-corrected chi connectivity index (χ3v) is 7.74. The van der Waals surface area contributed by atoms with Crippen LogP contribution in [0.5, 0.6) is 0 Å². The van der Waals surface area contributed by atoms with Gasteiger partial charge in [-0.25, -0.2) is 0 Å². The van der Waals surface area contributed by atoms with Crippen molar-refractivity contribution in [1.82, 2.24) is 0 Å². The van der Waals surface area contributed by atoms with Crippen LogP contribution in [0.1, 0.15) is 44.6 Å². The van der Waals surface area contributed by atoms with Crippen LogP contribution < -0.4 is 0 Å².